The molecular weight excluding hydrogens is 326 g/mol. The van der Waals surface area contributed by atoms with Gasteiger partial charge in [-0.15, -0.1) is 0 Å². The van der Waals surface area contributed by atoms with Crippen molar-refractivity contribution in [2.75, 3.05) is 10.6 Å². The molecule has 0 saturated heterocycles. The number of carbonyl (C=O) groups excluding carboxylic acids is 2. The van der Waals surface area contributed by atoms with Crippen LogP contribution in [0, 0.1) is 0 Å². The number of aromatic nitrogens is 1. The Morgan fingerprint density at radius 3 is 2.31 bits per heavy atom. The second kappa shape index (κ2) is 6.64. The van der Waals surface area contributed by atoms with Crippen molar-refractivity contribution in [1.82, 2.24) is 4.98 Å². The van der Waals surface area contributed by atoms with Gasteiger partial charge in [0.1, 0.15) is 0 Å². The minimum absolute atomic E-state index is 0.502. The van der Waals surface area contributed by atoms with Crippen LogP contribution in [0.5, 0.6) is 0 Å². The lowest BCUT2D eigenvalue weighted by atomic mass is 10.1. The number of nitrogens with zero attached hydrogens (tertiary/aromatic N) is 1. The van der Waals surface area contributed by atoms with E-state index in [2.05, 4.69) is 15.6 Å². The number of fused-ring (bicyclic) bond motifs is 2. The molecule has 0 aliphatic heterocycles. The first-order valence-corrected chi connectivity index (χ1v) is 8.15. The smallest absolute Gasteiger partial charge is 0.314 e. The Bertz CT molecular complexity index is 1130. The van der Waals surface area contributed by atoms with Crippen molar-refractivity contribution in [3.63, 3.8) is 0 Å². The molecule has 5 heteroatoms. The zero-order valence-corrected chi connectivity index (χ0v) is 13.8. The second-order valence-electron chi connectivity index (χ2n) is 5.85. The number of para-hydroxylation sites is 1. The minimum Gasteiger partial charge on any atom is -0.318 e. The van der Waals surface area contributed by atoms with Crippen molar-refractivity contribution in [1.29, 1.82) is 0 Å². The zero-order valence-electron chi connectivity index (χ0n) is 13.8. The summed E-state index contributed by atoms with van der Waals surface area (Å²) in [5, 5.41) is 8.20. The maximum absolute atomic E-state index is 12.3. The Morgan fingerprint density at radius 1 is 0.692 bits per heavy atom. The van der Waals surface area contributed by atoms with Crippen molar-refractivity contribution in [3.8, 4) is 0 Å². The average molecular weight is 341 g/mol. The van der Waals surface area contributed by atoms with Crippen LogP contribution in [0.4, 0.5) is 11.4 Å². The van der Waals surface area contributed by atoms with Crippen LogP contribution in [0.2, 0.25) is 0 Å². The summed E-state index contributed by atoms with van der Waals surface area (Å²) in [6, 6.07) is 22.5. The summed E-state index contributed by atoms with van der Waals surface area (Å²) in [5.41, 5.74) is 1.71. The molecule has 1 heterocycles. The number of amides is 2. The van der Waals surface area contributed by atoms with Gasteiger partial charge >= 0.3 is 11.8 Å². The number of rotatable bonds is 2. The average Bonchev–Trinajstić information content (AvgIpc) is 2.68. The molecule has 0 bridgehead atoms. The van der Waals surface area contributed by atoms with Gasteiger partial charge in [-0.1, -0.05) is 48.5 Å². The van der Waals surface area contributed by atoms with Crippen LogP contribution in [0.25, 0.3) is 21.7 Å². The van der Waals surface area contributed by atoms with Gasteiger partial charge in [-0.2, -0.15) is 0 Å². The highest BCUT2D eigenvalue weighted by Gasteiger charge is 2.15. The largest absolute Gasteiger partial charge is 0.318 e. The highest BCUT2D eigenvalue weighted by Crippen LogP contribution is 2.21. The van der Waals surface area contributed by atoms with Crippen LogP contribution in [0.1, 0.15) is 0 Å². The summed E-state index contributed by atoms with van der Waals surface area (Å²) in [6.07, 6.45) is 1.65. The monoisotopic (exact) mass is 341 g/mol. The van der Waals surface area contributed by atoms with Crippen molar-refractivity contribution in [2.45, 2.75) is 0 Å². The standard InChI is InChI=1S/C21H15N3O2/c25-20(23-17-11-10-14-5-1-2-6-16(14)13-17)21(26)24-18-9-3-7-15-8-4-12-22-19(15)18/h1-13H,(H,23,25)(H,24,26). The maximum atomic E-state index is 12.3. The molecule has 0 radical (unpaired) electrons. The van der Waals surface area contributed by atoms with Crippen LogP contribution in [-0.4, -0.2) is 16.8 Å². The first-order valence-electron chi connectivity index (χ1n) is 8.15. The molecule has 3 aromatic carbocycles. The Labute approximate surface area is 149 Å². The molecule has 0 fully saturated rings. The predicted octanol–water partition coefficient (Wildman–Crippen LogP) is 3.97. The summed E-state index contributed by atoms with van der Waals surface area (Å²) in [5.74, 6) is -1.47. The number of hydrogen-bond acceptors (Lipinski definition) is 3. The fourth-order valence-electron chi connectivity index (χ4n) is 2.84. The molecule has 0 aliphatic carbocycles. The van der Waals surface area contributed by atoms with E-state index in [-0.39, 0.29) is 0 Å². The Kier molecular flexibility index (Phi) is 4.03. The van der Waals surface area contributed by atoms with Crippen molar-refractivity contribution in [2.24, 2.45) is 0 Å². The van der Waals surface area contributed by atoms with Gasteiger partial charge in [0, 0.05) is 17.3 Å². The number of nitrogens with one attached hydrogen (secondary N) is 2. The van der Waals surface area contributed by atoms with Gasteiger partial charge in [0.2, 0.25) is 0 Å². The molecule has 2 N–H and O–H groups in total. The summed E-state index contributed by atoms with van der Waals surface area (Å²) in [7, 11) is 0. The first-order chi connectivity index (χ1) is 12.7. The highest BCUT2D eigenvalue weighted by molar-refractivity contribution is 6.44. The summed E-state index contributed by atoms with van der Waals surface area (Å²) < 4.78 is 0. The number of pyridine rings is 1. The van der Waals surface area contributed by atoms with Gasteiger partial charge in [0.25, 0.3) is 0 Å². The van der Waals surface area contributed by atoms with Gasteiger partial charge in [-0.3, -0.25) is 14.6 Å². The SMILES string of the molecule is O=C(Nc1ccc2ccccc2c1)C(=O)Nc1cccc2cccnc12. The van der Waals surface area contributed by atoms with Gasteiger partial charge in [0.05, 0.1) is 11.2 Å². The molecule has 4 rings (SSSR count). The van der Waals surface area contributed by atoms with Crippen LogP contribution >= 0.6 is 0 Å². The van der Waals surface area contributed by atoms with Crippen molar-refractivity contribution in [3.05, 3.63) is 79.0 Å². The molecule has 5 nitrogen and oxygen atoms in total. The van der Waals surface area contributed by atoms with E-state index in [9.17, 15) is 9.59 Å². The van der Waals surface area contributed by atoms with E-state index in [0.717, 1.165) is 16.2 Å². The molecule has 26 heavy (non-hydrogen) atoms. The topological polar surface area (TPSA) is 71.1 Å². The van der Waals surface area contributed by atoms with Gasteiger partial charge in [-0.05, 0) is 35.0 Å². The molecule has 1 aromatic heterocycles. The van der Waals surface area contributed by atoms with E-state index < -0.39 is 11.8 Å². The molecule has 0 spiro atoms. The lowest BCUT2D eigenvalue weighted by molar-refractivity contribution is -0.132. The van der Waals surface area contributed by atoms with Crippen molar-refractivity contribution >= 4 is 44.9 Å². The Hall–Kier alpha value is -3.73. The number of carbonyl (C=O) groups is 2. The molecule has 0 aliphatic rings. The van der Waals surface area contributed by atoms with Crippen LogP contribution in [0.3, 0.4) is 0 Å². The first kappa shape index (κ1) is 15.8. The minimum atomic E-state index is -0.740. The van der Waals surface area contributed by atoms with Crippen LogP contribution in [-0.2, 0) is 9.59 Å². The molecule has 126 valence electrons. The van der Waals surface area contributed by atoms with E-state index in [1.54, 1.807) is 24.4 Å². The third-order valence-corrected chi connectivity index (χ3v) is 4.09. The molecule has 0 atom stereocenters. The van der Waals surface area contributed by atoms with E-state index in [0.29, 0.717) is 16.9 Å². The lowest BCUT2D eigenvalue weighted by Crippen LogP contribution is -2.29. The third-order valence-electron chi connectivity index (χ3n) is 4.09. The second-order valence-corrected chi connectivity index (χ2v) is 5.85. The Morgan fingerprint density at radius 2 is 1.42 bits per heavy atom. The predicted molar refractivity (Wildman–Crippen MR) is 103 cm³/mol. The molecular formula is C21H15N3O2. The summed E-state index contributed by atoms with van der Waals surface area (Å²) in [6.45, 7) is 0. The van der Waals surface area contributed by atoms with E-state index in [4.69, 9.17) is 0 Å². The van der Waals surface area contributed by atoms with Gasteiger partial charge < -0.3 is 10.6 Å². The Balaban J connectivity index is 1.53. The van der Waals surface area contributed by atoms with E-state index in [1.165, 1.54) is 0 Å². The van der Waals surface area contributed by atoms with Gasteiger partial charge in [-0.25, -0.2) is 0 Å². The fraction of sp³-hybridized carbons (Fsp3) is 0. The normalized spacial score (nSPS) is 10.6. The fourth-order valence-corrected chi connectivity index (χ4v) is 2.84. The van der Waals surface area contributed by atoms with Gasteiger partial charge in [0.15, 0.2) is 0 Å². The quantitative estimate of drug-likeness (QED) is 0.542. The molecule has 0 unspecified atom stereocenters. The van der Waals surface area contributed by atoms with Crippen LogP contribution < -0.4 is 10.6 Å². The molecule has 2 amide bonds. The molecule has 0 saturated carbocycles. The lowest BCUT2D eigenvalue weighted by Gasteiger charge is -2.09. The van der Waals surface area contributed by atoms with E-state index in [1.807, 2.05) is 54.6 Å². The number of hydrogen-bond donors (Lipinski definition) is 2. The van der Waals surface area contributed by atoms with Crippen molar-refractivity contribution < 1.29 is 9.59 Å². The zero-order chi connectivity index (χ0) is 17.9. The number of anilines is 2. The van der Waals surface area contributed by atoms with E-state index >= 15 is 0 Å². The maximum Gasteiger partial charge on any atom is 0.314 e. The highest BCUT2D eigenvalue weighted by atomic mass is 16.2. The summed E-state index contributed by atoms with van der Waals surface area (Å²) in [4.78, 5) is 28.8. The summed E-state index contributed by atoms with van der Waals surface area (Å²) >= 11 is 0. The number of benzene rings is 3. The molecule has 4 aromatic rings. The third kappa shape index (κ3) is 3.10. The van der Waals surface area contributed by atoms with Crippen LogP contribution in [0.15, 0.2) is 79.0 Å².